The highest BCUT2D eigenvalue weighted by Crippen LogP contribution is 2.10. The molecule has 0 aliphatic rings. The van der Waals surface area contributed by atoms with Gasteiger partial charge in [-0.15, -0.1) is 0 Å². The van der Waals surface area contributed by atoms with Crippen LogP contribution in [-0.4, -0.2) is 50.6 Å². The van der Waals surface area contributed by atoms with Gasteiger partial charge in [0.05, 0.1) is 19.8 Å². The van der Waals surface area contributed by atoms with E-state index in [0.29, 0.717) is 0 Å². The quantitative estimate of drug-likeness (QED) is 0.496. The Morgan fingerprint density at radius 2 is 1.87 bits per heavy atom. The molecule has 1 aromatic heterocycles. The molecule has 0 saturated carbocycles. The van der Waals surface area contributed by atoms with E-state index in [1.54, 1.807) is 19.2 Å². The minimum absolute atomic E-state index is 0.271. The normalized spacial score (nSPS) is 11.5. The van der Waals surface area contributed by atoms with Crippen molar-refractivity contribution < 1.29 is 15.3 Å². The molecule has 4 N–H and O–H groups in total. The molecule has 0 aliphatic carbocycles. The van der Waals surface area contributed by atoms with Gasteiger partial charge in [-0.25, -0.2) is 9.97 Å². The summed E-state index contributed by atoms with van der Waals surface area (Å²) in [5.41, 5.74) is -0.427. The summed E-state index contributed by atoms with van der Waals surface area (Å²) in [6.07, 6.45) is 1.56. The van der Waals surface area contributed by atoms with Crippen LogP contribution in [0.5, 0.6) is 0 Å². The van der Waals surface area contributed by atoms with Crippen LogP contribution in [0.25, 0.3) is 0 Å². The summed E-state index contributed by atoms with van der Waals surface area (Å²) < 4.78 is 0. The van der Waals surface area contributed by atoms with Gasteiger partial charge >= 0.3 is 0 Å². The van der Waals surface area contributed by atoms with Gasteiger partial charge in [-0.3, -0.25) is 0 Å². The van der Waals surface area contributed by atoms with E-state index in [4.69, 9.17) is 15.3 Å². The molecule has 0 aliphatic heterocycles. The van der Waals surface area contributed by atoms with E-state index in [0.717, 1.165) is 5.69 Å². The van der Waals surface area contributed by atoms with Crippen molar-refractivity contribution in [3.8, 4) is 0 Å². The molecule has 1 aromatic rings. The SMILES string of the molecule is Cc1ccnc(NC(CO)(CO)CO)n1. The van der Waals surface area contributed by atoms with Crippen LogP contribution in [0.1, 0.15) is 5.69 Å². The number of hydrogen-bond acceptors (Lipinski definition) is 6. The van der Waals surface area contributed by atoms with Gasteiger partial charge < -0.3 is 20.6 Å². The van der Waals surface area contributed by atoms with Crippen LogP contribution in [0.15, 0.2) is 12.3 Å². The Balaban J connectivity index is 2.82. The molecule has 0 unspecified atom stereocenters. The topological polar surface area (TPSA) is 98.5 Å². The Bertz CT molecular complexity index is 307. The first-order chi connectivity index (χ1) is 7.15. The van der Waals surface area contributed by atoms with Crippen LogP contribution >= 0.6 is 0 Å². The van der Waals surface area contributed by atoms with Crippen LogP contribution in [0, 0.1) is 6.92 Å². The summed E-state index contributed by atoms with van der Waals surface area (Å²) in [7, 11) is 0. The molecule has 0 amide bonds. The van der Waals surface area contributed by atoms with Gasteiger partial charge in [0.25, 0.3) is 0 Å². The fourth-order valence-electron chi connectivity index (χ4n) is 1.01. The molecule has 0 saturated heterocycles. The van der Waals surface area contributed by atoms with Crippen molar-refractivity contribution in [2.24, 2.45) is 0 Å². The largest absolute Gasteiger partial charge is 0.394 e. The predicted octanol–water partition coefficient (Wildman–Crippen LogP) is -1.09. The lowest BCUT2D eigenvalue weighted by atomic mass is 10.0. The highest BCUT2D eigenvalue weighted by atomic mass is 16.3. The summed E-state index contributed by atoms with van der Waals surface area (Å²) in [5, 5.41) is 29.9. The zero-order valence-electron chi connectivity index (χ0n) is 8.51. The molecular formula is C9H15N3O3. The maximum Gasteiger partial charge on any atom is 0.223 e. The van der Waals surface area contributed by atoms with Crippen molar-refractivity contribution >= 4 is 5.95 Å². The lowest BCUT2D eigenvalue weighted by Crippen LogP contribution is -2.49. The predicted molar refractivity (Wildman–Crippen MR) is 54.4 cm³/mol. The number of aryl methyl sites for hydroxylation is 1. The number of rotatable bonds is 5. The van der Waals surface area contributed by atoms with Gasteiger partial charge in [0, 0.05) is 11.9 Å². The lowest BCUT2D eigenvalue weighted by molar-refractivity contribution is 0.0828. The summed E-state index contributed by atoms with van der Waals surface area (Å²) >= 11 is 0. The Morgan fingerprint density at radius 1 is 1.27 bits per heavy atom. The van der Waals surface area contributed by atoms with Gasteiger partial charge in [0.15, 0.2) is 0 Å². The maximum absolute atomic E-state index is 9.07. The molecule has 1 heterocycles. The maximum atomic E-state index is 9.07. The van der Waals surface area contributed by atoms with Crippen LogP contribution in [0.4, 0.5) is 5.95 Å². The summed E-state index contributed by atoms with van der Waals surface area (Å²) in [5.74, 6) is 0.271. The minimum Gasteiger partial charge on any atom is -0.394 e. The first kappa shape index (κ1) is 11.8. The number of aliphatic hydroxyl groups excluding tert-OH is 3. The van der Waals surface area contributed by atoms with Crippen LogP contribution in [-0.2, 0) is 0 Å². The average Bonchev–Trinajstić information content (AvgIpc) is 2.26. The Morgan fingerprint density at radius 3 is 2.33 bits per heavy atom. The van der Waals surface area contributed by atoms with Gasteiger partial charge in [-0.2, -0.15) is 0 Å². The van der Waals surface area contributed by atoms with Gasteiger partial charge in [-0.1, -0.05) is 0 Å². The fraction of sp³-hybridized carbons (Fsp3) is 0.556. The highest BCUT2D eigenvalue weighted by Gasteiger charge is 2.28. The van der Waals surface area contributed by atoms with E-state index < -0.39 is 25.4 Å². The summed E-state index contributed by atoms with van der Waals surface area (Å²) in [6.45, 7) is 0.581. The van der Waals surface area contributed by atoms with Gasteiger partial charge in [0.2, 0.25) is 5.95 Å². The zero-order valence-corrected chi connectivity index (χ0v) is 8.51. The number of aromatic nitrogens is 2. The van der Waals surface area contributed by atoms with Crippen molar-refractivity contribution in [1.82, 2.24) is 9.97 Å². The van der Waals surface area contributed by atoms with Crippen molar-refractivity contribution in [3.05, 3.63) is 18.0 Å². The van der Waals surface area contributed by atoms with Crippen LogP contribution in [0.2, 0.25) is 0 Å². The summed E-state index contributed by atoms with van der Waals surface area (Å²) in [4.78, 5) is 7.96. The van der Waals surface area contributed by atoms with E-state index in [-0.39, 0.29) is 5.95 Å². The Kier molecular flexibility index (Phi) is 3.96. The van der Waals surface area contributed by atoms with Crippen LogP contribution in [0.3, 0.4) is 0 Å². The second kappa shape index (κ2) is 5.01. The molecule has 0 fully saturated rings. The molecule has 84 valence electrons. The Hall–Kier alpha value is -1.24. The molecule has 15 heavy (non-hydrogen) atoms. The van der Waals surface area contributed by atoms with E-state index in [2.05, 4.69) is 15.3 Å². The number of aliphatic hydroxyl groups is 3. The van der Waals surface area contributed by atoms with Gasteiger partial charge in [-0.05, 0) is 13.0 Å². The van der Waals surface area contributed by atoms with E-state index in [1.807, 2.05) is 0 Å². The van der Waals surface area contributed by atoms with Crippen molar-refractivity contribution in [1.29, 1.82) is 0 Å². The molecule has 0 aromatic carbocycles. The molecule has 0 atom stereocenters. The van der Waals surface area contributed by atoms with Crippen molar-refractivity contribution in [3.63, 3.8) is 0 Å². The van der Waals surface area contributed by atoms with E-state index >= 15 is 0 Å². The smallest absolute Gasteiger partial charge is 0.223 e. The number of anilines is 1. The molecule has 6 heteroatoms. The Labute approximate surface area is 87.6 Å². The zero-order chi connectivity index (χ0) is 11.3. The minimum atomic E-state index is -1.19. The average molecular weight is 213 g/mol. The third-order valence-electron chi connectivity index (χ3n) is 2.08. The standard InChI is InChI=1S/C9H15N3O3/c1-7-2-3-10-8(11-7)12-9(4-13,5-14)6-15/h2-3,13-15H,4-6H2,1H3,(H,10,11,12). The number of nitrogens with one attached hydrogen (secondary N) is 1. The van der Waals surface area contributed by atoms with Gasteiger partial charge in [0.1, 0.15) is 5.54 Å². The van der Waals surface area contributed by atoms with E-state index in [1.165, 1.54) is 0 Å². The number of hydrogen-bond donors (Lipinski definition) is 4. The second-order valence-electron chi connectivity index (χ2n) is 3.40. The molecule has 0 spiro atoms. The molecule has 0 bridgehead atoms. The highest BCUT2D eigenvalue weighted by molar-refractivity contribution is 5.30. The molecular weight excluding hydrogens is 198 g/mol. The monoisotopic (exact) mass is 213 g/mol. The molecule has 6 nitrogen and oxygen atoms in total. The molecule has 0 radical (unpaired) electrons. The molecule has 1 rings (SSSR count). The van der Waals surface area contributed by atoms with Crippen molar-refractivity contribution in [2.45, 2.75) is 12.5 Å². The third kappa shape index (κ3) is 2.85. The van der Waals surface area contributed by atoms with Crippen molar-refractivity contribution in [2.75, 3.05) is 25.1 Å². The first-order valence-electron chi connectivity index (χ1n) is 4.56. The number of nitrogens with zero attached hydrogens (tertiary/aromatic N) is 2. The van der Waals surface area contributed by atoms with E-state index in [9.17, 15) is 0 Å². The third-order valence-corrected chi connectivity index (χ3v) is 2.08. The van der Waals surface area contributed by atoms with Crippen LogP contribution < -0.4 is 5.32 Å². The summed E-state index contributed by atoms with van der Waals surface area (Å²) in [6, 6.07) is 1.73. The fourth-order valence-corrected chi connectivity index (χ4v) is 1.01. The second-order valence-corrected chi connectivity index (χ2v) is 3.40. The first-order valence-corrected chi connectivity index (χ1v) is 4.56. The lowest BCUT2D eigenvalue weighted by Gasteiger charge is -2.28.